The lowest BCUT2D eigenvalue weighted by molar-refractivity contribution is -0.143. The summed E-state index contributed by atoms with van der Waals surface area (Å²) in [4.78, 5) is 14.0. The minimum Gasteiger partial charge on any atom is -0.383 e. The zero-order valence-corrected chi connectivity index (χ0v) is 11.6. The van der Waals surface area contributed by atoms with E-state index in [2.05, 4.69) is 0 Å². The molecule has 2 atom stereocenters. The average molecular weight is 276 g/mol. The number of ether oxygens (including phenoxy) is 1. The normalized spacial score (nSPS) is 29.7. The summed E-state index contributed by atoms with van der Waals surface area (Å²) in [6, 6.07) is -0.496. The summed E-state index contributed by atoms with van der Waals surface area (Å²) in [7, 11) is -1.70. The largest absolute Gasteiger partial charge is 0.383 e. The summed E-state index contributed by atoms with van der Waals surface area (Å²) >= 11 is 0. The second-order valence-corrected chi connectivity index (χ2v) is 6.99. The molecule has 2 heterocycles. The Hall–Kier alpha value is -0.660. The number of sulfonamides is 1. The number of hydrogen-bond acceptors (Lipinski definition) is 4. The maximum absolute atomic E-state index is 12.3. The molecule has 7 heteroatoms. The van der Waals surface area contributed by atoms with Gasteiger partial charge in [-0.15, -0.1) is 0 Å². The first-order valence-electron chi connectivity index (χ1n) is 6.18. The molecule has 0 saturated carbocycles. The molecule has 104 valence electrons. The van der Waals surface area contributed by atoms with Crippen LogP contribution in [0.2, 0.25) is 0 Å². The van der Waals surface area contributed by atoms with Crippen molar-refractivity contribution < 1.29 is 17.9 Å². The van der Waals surface area contributed by atoms with E-state index in [1.165, 1.54) is 10.6 Å². The SMILES string of the molecule is COCCN1C[C@H]2CCN(S(C)(=O)=O)[C@H](C2)C1=O. The smallest absolute Gasteiger partial charge is 0.241 e. The van der Waals surface area contributed by atoms with E-state index in [1.54, 1.807) is 12.0 Å². The van der Waals surface area contributed by atoms with Crippen LogP contribution in [0.25, 0.3) is 0 Å². The highest BCUT2D eigenvalue weighted by atomic mass is 32.2. The van der Waals surface area contributed by atoms with E-state index in [9.17, 15) is 13.2 Å². The molecule has 0 aromatic carbocycles. The van der Waals surface area contributed by atoms with Gasteiger partial charge >= 0.3 is 0 Å². The third-order valence-corrected chi connectivity index (χ3v) is 5.02. The van der Waals surface area contributed by atoms with Gasteiger partial charge in [-0.05, 0) is 18.8 Å². The molecule has 0 radical (unpaired) electrons. The number of likely N-dealkylation sites (tertiary alicyclic amines) is 1. The van der Waals surface area contributed by atoms with Gasteiger partial charge in [0.15, 0.2) is 0 Å². The molecule has 0 spiro atoms. The number of hydrogen-bond donors (Lipinski definition) is 0. The minimum atomic E-state index is -3.30. The summed E-state index contributed by atoms with van der Waals surface area (Å²) in [5.41, 5.74) is 0. The molecule has 0 unspecified atom stereocenters. The van der Waals surface area contributed by atoms with E-state index in [1.807, 2.05) is 0 Å². The topological polar surface area (TPSA) is 66.9 Å². The van der Waals surface area contributed by atoms with Crippen LogP contribution in [0.3, 0.4) is 0 Å². The van der Waals surface area contributed by atoms with Crippen LogP contribution in [-0.2, 0) is 19.6 Å². The first-order chi connectivity index (χ1) is 8.43. The van der Waals surface area contributed by atoms with Crippen LogP contribution >= 0.6 is 0 Å². The second-order valence-electron chi connectivity index (χ2n) is 5.06. The van der Waals surface area contributed by atoms with Crippen LogP contribution < -0.4 is 0 Å². The highest BCUT2D eigenvalue weighted by Gasteiger charge is 2.44. The first-order valence-corrected chi connectivity index (χ1v) is 8.03. The Kier molecular flexibility index (Phi) is 3.93. The number of amides is 1. The molecule has 2 rings (SSSR count). The Balaban J connectivity index is 2.14. The maximum Gasteiger partial charge on any atom is 0.241 e. The van der Waals surface area contributed by atoms with Crippen LogP contribution in [0.15, 0.2) is 0 Å². The van der Waals surface area contributed by atoms with Gasteiger partial charge in [-0.1, -0.05) is 0 Å². The van der Waals surface area contributed by atoms with Crippen LogP contribution in [0.5, 0.6) is 0 Å². The number of methoxy groups -OCH3 is 1. The van der Waals surface area contributed by atoms with Crippen molar-refractivity contribution >= 4 is 15.9 Å². The van der Waals surface area contributed by atoms with Crippen molar-refractivity contribution in [3.63, 3.8) is 0 Å². The first kappa shape index (κ1) is 13.8. The van der Waals surface area contributed by atoms with Gasteiger partial charge in [-0.3, -0.25) is 4.79 Å². The van der Waals surface area contributed by atoms with E-state index in [0.717, 1.165) is 13.0 Å². The Bertz CT molecular complexity index is 423. The third-order valence-electron chi connectivity index (χ3n) is 3.73. The van der Waals surface area contributed by atoms with E-state index in [4.69, 9.17) is 4.74 Å². The molecule has 2 aliphatic heterocycles. The van der Waals surface area contributed by atoms with Crippen LogP contribution in [0.4, 0.5) is 0 Å². The van der Waals surface area contributed by atoms with Gasteiger partial charge in [-0.25, -0.2) is 8.42 Å². The van der Waals surface area contributed by atoms with Crippen molar-refractivity contribution in [2.45, 2.75) is 18.9 Å². The van der Waals surface area contributed by atoms with E-state index in [0.29, 0.717) is 32.0 Å². The lowest BCUT2D eigenvalue weighted by Gasteiger charge is -2.45. The van der Waals surface area contributed by atoms with Crippen molar-refractivity contribution in [3.8, 4) is 0 Å². The molecule has 18 heavy (non-hydrogen) atoms. The van der Waals surface area contributed by atoms with Gasteiger partial charge in [0, 0.05) is 26.7 Å². The lowest BCUT2D eigenvalue weighted by Crippen LogP contribution is -2.60. The Morgan fingerprint density at radius 3 is 2.78 bits per heavy atom. The van der Waals surface area contributed by atoms with Crippen molar-refractivity contribution in [1.29, 1.82) is 0 Å². The van der Waals surface area contributed by atoms with E-state index >= 15 is 0 Å². The quantitative estimate of drug-likeness (QED) is 0.695. The molecule has 0 N–H and O–H groups in total. The highest BCUT2D eigenvalue weighted by molar-refractivity contribution is 7.88. The minimum absolute atomic E-state index is 0.0755. The molecule has 6 nitrogen and oxygen atoms in total. The number of carbonyl (C=O) groups is 1. The van der Waals surface area contributed by atoms with Crippen molar-refractivity contribution in [2.24, 2.45) is 5.92 Å². The Morgan fingerprint density at radius 2 is 2.17 bits per heavy atom. The van der Waals surface area contributed by atoms with Crippen LogP contribution in [0.1, 0.15) is 12.8 Å². The van der Waals surface area contributed by atoms with Crippen molar-refractivity contribution in [2.75, 3.05) is 39.6 Å². The molecule has 2 fully saturated rings. The summed E-state index contributed by atoms with van der Waals surface area (Å²) in [5.74, 6) is 0.344. The fourth-order valence-electron chi connectivity index (χ4n) is 2.82. The van der Waals surface area contributed by atoms with E-state index < -0.39 is 16.1 Å². The molecular weight excluding hydrogens is 256 g/mol. The Morgan fingerprint density at radius 1 is 1.44 bits per heavy atom. The molecule has 2 aliphatic rings. The Labute approximate surface area is 108 Å². The van der Waals surface area contributed by atoms with Gasteiger partial charge < -0.3 is 9.64 Å². The molecule has 0 aliphatic carbocycles. The molecular formula is C11H20N2O4S. The number of carbonyl (C=O) groups excluding carboxylic acids is 1. The predicted molar refractivity (Wildman–Crippen MR) is 66.5 cm³/mol. The highest BCUT2D eigenvalue weighted by Crippen LogP contribution is 2.31. The van der Waals surface area contributed by atoms with Gasteiger partial charge in [0.2, 0.25) is 15.9 Å². The lowest BCUT2D eigenvalue weighted by atomic mass is 9.87. The van der Waals surface area contributed by atoms with Crippen LogP contribution in [0, 0.1) is 5.92 Å². The summed E-state index contributed by atoms with van der Waals surface area (Å²) in [6.45, 7) is 2.23. The monoisotopic (exact) mass is 276 g/mol. The summed E-state index contributed by atoms with van der Waals surface area (Å²) in [6.07, 6.45) is 2.67. The van der Waals surface area contributed by atoms with Gasteiger partial charge in [-0.2, -0.15) is 4.31 Å². The molecule has 0 aromatic rings. The van der Waals surface area contributed by atoms with Crippen LogP contribution in [-0.4, -0.2) is 69.2 Å². The number of fused-ring (bicyclic) bond motifs is 2. The summed E-state index contributed by atoms with van der Waals surface area (Å²) in [5, 5.41) is 0. The van der Waals surface area contributed by atoms with Gasteiger partial charge in [0.05, 0.1) is 12.9 Å². The van der Waals surface area contributed by atoms with Crippen molar-refractivity contribution in [3.05, 3.63) is 0 Å². The van der Waals surface area contributed by atoms with E-state index in [-0.39, 0.29) is 5.91 Å². The van der Waals surface area contributed by atoms with Crippen molar-refractivity contribution in [1.82, 2.24) is 9.21 Å². The average Bonchev–Trinajstić information content (AvgIpc) is 2.30. The fraction of sp³-hybridized carbons (Fsp3) is 0.909. The zero-order valence-electron chi connectivity index (χ0n) is 10.8. The number of nitrogens with zero attached hydrogens (tertiary/aromatic N) is 2. The third kappa shape index (κ3) is 2.67. The predicted octanol–water partition coefficient (Wildman–Crippen LogP) is -0.485. The molecule has 1 amide bonds. The second kappa shape index (κ2) is 5.14. The summed E-state index contributed by atoms with van der Waals surface area (Å²) < 4.78 is 29.7. The number of rotatable bonds is 4. The van der Waals surface area contributed by atoms with Gasteiger partial charge in [0.25, 0.3) is 0 Å². The zero-order chi connectivity index (χ0) is 13.3. The van der Waals surface area contributed by atoms with Gasteiger partial charge in [0.1, 0.15) is 6.04 Å². The molecule has 2 saturated heterocycles. The molecule has 2 bridgehead atoms. The molecule has 0 aromatic heterocycles. The standard InChI is InChI=1S/C11H20N2O4S/c1-17-6-5-12-8-9-3-4-13(18(2,15)16)10(7-9)11(12)14/h9-10H,3-8H2,1-2H3/t9-,10+/m0/s1. The maximum atomic E-state index is 12.3. The fourth-order valence-corrected chi connectivity index (χ4v) is 3.89. The number of piperidine rings is 2.